The molecule has 142 valence electrons. The molecule has 1 aliphatic carbocycles. The van der Waals surface area contributed by atoms with Crippen LogP contribution in [0.3, 0.4) is 0 Å². The monoisotopic (exact) mass is 384 g/mol. The molecule has 1 fully saturated rings. The standard InChI is InChI=1S/C20H24N4O2S/c25-18(23-11-5-6-12-23)14-27-19-16-8-1-2-9-17(16)24(20(26)22-19)13-15-7-3-4-10-21-15/h3-4,7,10H,1-2,5-6,8-9,11-14H2. The number of pyridine rings is 1. The summed E-state index contributed by atoms with van der Waals surface area (Å²) >= 11 is 1.43. The van der Waals surface area contributed by atoms with Gasteiger partial charge in [-0.25, -0.2) is 4.79 Å². The third kappa shape index (κ3) is 4.08. The Balaban J connectivity index is 1.58. The summed E-state index contributed by atoms with van der Waals surface area (Å²) in [5.41, 5.74) is 2.84. The van der Waals surface area contributed by atoms with E-state index in [1.165, 1.54) is 11.8 Å². The number of fused-ring (bicyclic) bond motifs is 1. The normalized spacial score (nSPS) is 16.4. The van der Waals surface area contributed by atoms with Crippen LogP contribution in [0.5, 0.6) is 0 Å². The fourth-order valence-corrected chi connectivity index (χ4v) is 4.85. The maximum absolute atomic E-state index is 12.7. The van der Waals surface area contributed by atoms with Crippen molar-refractivity contribution in [2.24, 2.45) is 0 Å². The number of nitrogens with zero attached hydrogens (tertiary/aromatic N) is 4. The van der Waals surface area contributed by atoms with E-state index in [0.717, 1.165) is 73.6 Å². The molecule has 0 N–H and O–H groups in total. The van der Waals surface area contributed by atoms with E-state index in [1.807, 2.05) is 23.1 Å². The van der Waals surface area contributed by atoms with E-state index in [9.17, 15) is 9.59 Å². The summed E-state index contributed by atoms with van der Waals surface area (Å²) < 4.78 is 1.77. The predicted octanol–water partition coefficient (Wildman–Crippen LogP) is 2.28. The Labute approximate surface area is 163 Å². The lowest BCUT2D eigenvalue weighted by atomic mass is 9.97. The van der Waals surface area contributed by atoms with E-state index >= 15 is 0 Å². The van der Waals surface area contributed by atoms with Crippen LogP contribution in [-0.2, 0) is 24.2 Å². The van der Waals surface area contributed by atoms with Gasteiger partial charge in [0.05, 0.1) is 18.0 Å². The van der Waals surface area contributed by atoms with Gasteiger partial charge in [0.1, 0.15) is 5.03 Å². The van der Waals surface area contributed by atoms with Crippen molar-refractivity contribution >= 4 is 17.7 Å². The van der Waals surface area contributed by atoms with Gasteiger partial charge in [-0.05, 0) is 50.7 Å². The van der Waals surface area contributed by atoms with Gasteiger partial charge >= 0.3 is 5.69 Å². The SMILES string of the molecule is O=C(CSc1nc(=O)n(Cc2ccccn2)c2c1CCCC2)N1CCCC1. The Bertz CT molecular complexity index is 876. The van der Waals surface area contributed by atoms with Crippen LogP contribution in [0.25, 0.3) is 0 Å². The third-order valence-corrected chi connectivity index (χ3v) is 6.29. The van der Waals surface area contributed by atoms with E-state index in [4.69, 9.17) is 0 Å². The first kappa shape index (κ1) is 18.2. The Morgan fingerprint density at radius 3 is 2.70 bits per heavy atom. The van der Waals surface area contributed by atoms with Gasteiger partial charge < -0.3 is 4.90 Å². The van der Waals surface area contributed by atoms with Gasteiger partial charge in [0, 0.05) is 30.5 Å². The zero-order valence-electron chi connectivity index (χ0n) is 15.4. The maximum atomic E-state index is 12.7. The van der Waals surface area contributed by atoms with E-state index in [0.29, 0.717) is 12.3 Å². The third-order valence-electron chi connectivity index (χ3n) is 5.29. The molecular formula is C20H24N4O2S. The second kappa shape index (κ2) is 8.25. The molecule has 0 radical (unpaired) electrons. The van der Waals surface area contributed by atoms with E-state index in [1.54, 1.807) is 10.8 Å². The molecule has 1 saturated heterocycles. The highest BCUT2D eigenvalue weighted by atomic mass is 32.2. The van der Waals surface area contributed by atoms with E-state index < -0.39 is 0 Å². The first-order chi connectivity index (χ1) is 13.2. The van der Waals surface area contributed by atoms with Crippen LogP contribution in [0, 0.1) is 0 Å². The number of thioether (sulfide) groups is 1. The van der Waals surface area contributed by atoms with Gasteiger partial charge in [0.2, 0.25) is 5.91 Å². The Hall–Kier alpha value is -2.15. The molecule has 6 nitrogen and oxygen atoms in total. The summed E-state index contributed by atoms with van der Waals surface area (Å²) in [5, 5.41) is 0.750. The molecule has 7 heteroatoms. The van der Waals surface area contributed by atoms with Gasteiger partial charge in [0.25, 0.3) is 0 Å². The number of amides is 1. The number of carbonyl (C=O) groups excluding carboxylic acids is 1. The number of carbonyl (C=O) groups is 1. The zero-order valence-corrected chi connectivity index (χ0v) is 16.2. The molecule has 0 saturated carbocycles. The molecule has 1 aliphatic heterocycles. The summed E-state index contributed by atoms with van der Waals surface area (Å²) in [5.74, 6) is 0.518. The number of rotatable bonds is 5. The van der Waals surface area contributed by atoms with Crippen molar-refractivity contribution in [2.75, 3.05) is 18.8 Å². The van der Waals surface area contributed by atoms with Crippen molar-refractivity contribution in [2.45, 2.75) is 50.1 Å². The molecular weight excluding hydrogens is 360 g/mol. The number of likely N-dealkylation sites (tertiary alicyclic amines) is 1. The van der Waals surface area contributed by atoms with Crippen LogP contribution in [0.4, 0.5) is 0 Å². The second-order valence-electron chi connectivity index (χ2n) is 7.12. The van der Waals surface area contributed by atoms with Crippen LogP contribution in [0.15, 0.2) is 34.2 Å². The molecule has 2 aromatic heterocycles. The van der Waals surface area contributed by atoms with Crippen molar-refractivity contribution < 1.29 is 4.79 Å². The van der Waals surface area contributed by atoms with Gasteiger partial charge in [-0.1, -0.05) is 17.8 Å². The fraction of sp³-hybridized carbons (Fsp3) is 0.500. The predicted molar refractivity (Wildman–Crippen MR) is 105 cm³/mol. The Morgan fingerprint density at radius 1 is 1.11 bits per heavy atom. The average molecular weight is 385 g/mol. The number of aromatic nitrogens is 3. The highest BCUT2D eigenvalue weighted by Crippen LogP contribution is 2.29. The Morgan fingerprint density at radius 2 is 1.93 bits per heavy atom. The van der Waals surface area contributed by atoms with E-state index in [2.05, 4.69) is 9.97 Å². The molecule has 2 aromatic rings. The van der Waals surface area contributed by atoms with Gasteiger partial charge in [-0.3, -0.25) is 14.3 Å². The summed E-state index contributed by atoms with van der Waals surface area (Å²) in [7, 11) is 0. The van der Waals surface area contributed by atoms with Crippen molar-refractivity contribution in [3.05, 3.63) is 51.8 Å². The number of hydrogen-bond acceptors (Lipinski definition) is 5. The quantitative estimate of drug-likeness (QED) is 0.584. The highest BCUT2D eigenvalue weighted by molar-refractivity contribution is 7.99. The smallest absolute Gasteiger partial charge is 0.342 e. The van der Waals surface area contributed by atoms with Crippen molar-refractivity contribution in [3.63, 3.8) is 0 Å². The van der Waals surface area contributed by atoms with Crippen molar-refractivity contribution in [3.8, 4) is 0 Å². The molecule has 4 rings (SSSR count). The molecule has 0 atom stereocenters. The summed E-state index contributed by atoms with van der Waals surface area (Å²) in [4.78, 5) is 35.7. The van der Waals surface area contributed by atoms with Gasteiger partial charge in [0.15, 0.2) is 0 Å². The van der Waals surface area contributed by atoms with E-state index in [-0.39, 0.29) is 11.6 Å². The first-order valence-corrected chi connectivity index (χ1v) is 10.6. The van der Waals surface area contributed by atoms with Crippen LogP contribution in [0.2, 0.25) is 0 Å². The molecule has 0 bridgehead atoms. The Kier molecular flexibility index (Phi) is 5.57. The second-order valence-corrected chi connectivity index (χ2v) is 8.08. The lowest BCUT2D eigenvalue weighted by Gasteiger charge is -2.23. The minimum absolute atomic E-state index is 0.154. The molecule has 0 unspecified atom stereocenters. The maximum Gasteiger partial charge on any atom is 0.349 e. The van der Waals surface area contributed by atoms with Crippen molar-refractivity contribution in [1.82, 2.24) is 19.4 Å². The fourth-order valence-electron chi connectivity index (χ4n) is 3.87. The van der Waals surface area contributed by atoms with Crippen LogP contribution >= 0.6 is 11.8 Å². The molecule has 2 aliphatic rings. The molecule has 3 heterocycles. The summed E-state index contributed by atoms with van der Waals surface area (Å²) in [6.45, 7) is 2.17. The molecule has 1 amide bonds. The first-order valence-electron chi connectivity index (χ1n) is 9.65. The molecule has 0 spiro atoms. The topological polar surface area (TPSA) is 68.1 Å². The van der Waals surface area contributed by atoms with Crippen LogP contribution in [0.1, 0.15) is 42.6 Å². The van der Waals surface area contributed by atoms with Crippen molar-refractivity contribution in [1.29, 1.82) is 0 Å². The lowest BCUT2D eigenvalue weighted by molar-refractivity contribution is -0.127. The van der Waals surface area contributed by atoms with Gasteiger partial charge in [-0.2, -0.15) is 4.98 Å². The number of hydrogen-bond donors (Lipinski definition) is 0. The lowest BCUT2D eigenvalue weighted by Crippen LogP contribution is -2.32. The highest BCUT2D eigenvalue weighted by Gasteiger charge is 2.23. The molecule has 27 heavy (non-hydrogen) atoms. The van der Waals surface area contributed by atoms with Crippen LogP contribution < -0.4 is 5.69 Å². The minimum Gasteiger partial charge on any atom is -0.342 e. The van der Waals surface area contributed by atoms with Crippen LogP contribution in [-0.4, -0.2) is 44.2 Å². The average Bonchev–Trinajstić information content (AvgIpc) is 3.24. The molecule has 0 aromatic carbocycles. The largest absolute Gasteiger partial charge is 0.349 e. The minimum atomic E-state index is -0.238. The summed E-state index contributed by atoms with van der Waals surface area (Å²) in [6.07, 6.45) is 7.91. The van der Waals surface area contributed by atoms with Gasteiger partial charge in [-0.15, -0.1) is 0 Å². The summed E-state index contributed by atoms with van der Waals surface area (Å²) in [6, 6.07) is 5.73. The zero-order chi connectivity index (χ0) is 18.6.